The highest BCUT2D eigenvalue weighted by Crippen LogP contribution is 2.18. The molecule has 0 fully saturated rings. The minimum Gasteiger partial charge on any atom is -0.352 e. The van der Waals surface area contributed by atoms with Crippen molar-refractivity contribution in [1.82, 2.24) is 14.5 Å². The molecule has 0 spiro atoms. The summed E-state index contributed by atoms with van der Waals surface area (Å²) < 4.78 is 2.48. The molecule has 5 rings (SSSR count). The van der Waals surface area contributed by atoms with Gasteiger partial charge in [0.15, 0.2) is 0 Å². The number of carbonyl (C=O) groups is 1. The van der Waals surface area contributed by atoms with Gasteiger partial charge < -0.3 is 5.32 Å². The third kappa shape index (κ3) is 5.84. The maximum absolute atomic E-state index is 13.9. The molecule has 0 aliphatic heterocycles. The van der Waals surface area contributed by atoms with E-state index >= 15 is 0 Å². The SMILES string of the molecule is CCc1ccc(-n2c(=O)c3ccc(C(=O)NCCc4ccccc4)cc3n(Cc3cccc([N+](=O)[O-])c3)c2=O)cc1. The van der Waals surface area contributed by atoms with E-state index in [1.807, 2.05) is 49.4 Å². The Morgan fingerprint density at radius 3 is 2.29 bits per heavy atom. The molecule has 9 heteroatoms. The first-order chi connectivity index (χ1) is 19.9. The average molecular weight is 549 g/mol. The Hall–Kier alpha value is -5.31. The molecular formula is C32H28N4O5. The van der Waals surface area contributed by atoms with Gasteiger partial charge in [0.25, 0.3) is 17.2 Å². The van der Waals surface area contributed by atoms with Crippen molar-refractivity contribution < 1.29 is 9.72 Å². The highest BCUT2D eigenvalue weighted by molar-refractivity contribution is 5.97. The molecule has 1 amide bonds. The highest BCUT2D eigenvalue weighted by atomic mass is 16.6. The van der Waals surface area contributed by atoms with Crippen LogP contribution in [0.5, 0.6) is 0 Å². The standard InChI is InChI=1S/C32H28N4O5/c1-2-22-11-14-26(15-12-22)35-31(38)28-16-13-25(30(37)33-18-17-23-7-4-3-5-8-23)20-29(28)34(32(35)39)21-24-9-6-10-27(19-24)36(40)41/h3-16,19-20H,2,17-18,21H2,1H3,(H,33,37). The van der Waals surface area contributed by atoms with E-state index in [9.17, 15) is 24.5 Å². The third-order valence-electron chi connectivity index (χ3n) is 7.01. The number of hydrogen-bond donors (Lipinski definition) is 1. The Morgan fingerprint density at radius 1 is 0.854 bits per heavy atom. The highest BCUT2D eigenvalue weighted by Gasteiger charge is 2.18. The number of nitrogens with zero attached hydrogens (tertiary/aromatic N) is 3. The van der Waals surface area contributed by atoms with Gasteiger partial charge in [0.05, 0.1) is 28.1 Å². The predicted octanol–water partition coefficient (Wildman–Crippen LogP) is 4.64. The Balaban J connectivity index is 1.59. The summed E-state index contributed by atoms with van der Waals surface area (Å²) >= 11 is 0. The molecule has 0 unspecified atom stereocenters. The van der Waals surface area contributed by atoms with Gasteiger partial charge >= 0.3 is 5.69 Å². The second-order valence-electron chi connectivity index (χ2n) is 9.68. The molecule has 9 nitrogen and oxygen atoms in total. The minimum atomic E-state index is -0.611. The number of hydrogen-bond acceptors (Lipinski definition) is 5. The molecule has 0 bridgehead atoms. The van der Waals surface area contributed by atoms with Crippen LogP contribution >= 0.6 is 0 Å². The number of carbonyl (C=O) groups excluding carboxylic acids is 1. The Morgan fingerprint density at radius 2 is 1.59 bits per heavy atom. The van der Waals surface area contributed by atoms with Crippen molar-refractivity contribution in [3.05, 3.63) is 150 Å². The summed E-state index contributed by atoms with van der Waals surface area (Å²) in [6.45, 7) is 2.39. The maximum atomic E-state index is 13.9. The van der Waals surface area contributed by atoms with Gasteiger partial charge in [-0.25, -0.2) is 9.36 Å². The number of nitrogens with one attached hydrogen (secondary N) is 1. The second kappa shape index (κ2) is 11.8. The molecule has 206 valence electrons. The van der Waals surface area contributed by atoms with Crippen LogP contribution in [0, 0.1) is 10.1 Å². The van der Waals surface area contributed by atoms with Crippen LogP contribution in [0.15, 0.2) is 107 Å². The molecule has 1 heterocycles. The van der Waals surface area contributed by atoms with E-state index in [2.05, 4.69) is 5.32 Å². The molecule has 0 radical (unpaired) electrons. The zero-order chi connectivity index (χ0) is 28.9. The largest absolute Gasteiger partial charge is 0.352 e. The van der Waals surface area contributed by atoms with E-state index in [0.29, 0.717) is 29.8 Å². The molecule has 4 aromatic carbocycles. The van der Waals surface area contributed by atoms with Crippen molar-refractivity contribution >= 4 is 22.5 Å². The summed E-state index contributed by atoms with van der Waals surface area (Å²) in [4.78, 5) is 51.4. The van der Waals surface area contributed by atoms with Gasteiger partial charge in [0.2, 0.25) is 0 Å². The molecule has 0 atom stereocenters. The van der Waals surface area contributed by atoms with E-state index in [1.54, 1.807) is 36.4 Å². The van der Waals surface area contributed by atoms with Gasteiger partial charge in [0.1, 0.15) is 0 Å². The fourth-order valence-electron chi connectivity index (χ4n) is 4.79. The summed E-state index contributed by atoms with van der Waals surface area (Å²) in [5.41, 5.74) is 2.39. The first kappa shape index (κ1) is 27.3. The summed E-state index contributed by atoms with van der Waals surface area (Å²) in [6, 6.07) is 27.6. The molecular weight excluding hydrogens is 520 g/mol. The summed E-state index contributed by atoms with van der Waals surface area (Å²) in [7, 11) is 0. The summed E-state index contributed by atoms with van der Waals surface area (Å²) in [6.07, 6.45) is 1.46. The minimum absolute atomic E-state index is 0.0383. The van der Waals surface area contributed by atoms with E-state index in [-0.39, 0.29) is 29.0 Å². The Labute approximate surface area is 235 Å². The lowest BCUT2D eigenvalue weighted by molar-refractivity contribution is -0.384. The second-order valence-corrected chi connectivity index (χ2v) is 9.68. The van der Waals surface area contributed by atoms with Crippen LogP contribution in [-0.2, 0) is 19.4 Å². The van der Waals surface area contributed by atoms with Crippen molar-refractivity contribution in [2.24, 2.45) is 0 Å². The van der Waals surface area contributed by atoms with Crippen molar-refractivity contribution in [2.75, 3.05) is 6.54 Å². The molecule has 1 aromatic heterocycles. The van der Waals surface area contributed by atoms with E-state index < -0.39 is 16.2 Å². The van der Waals surface area contributed by atoms with E-state index in [4.69, 9.17) is 0 Å². The lowest BCUT2D eigenvalue weighted by Crippen LogP contribution is -2.39. The lowest BCUT2D eigenvalue weighted by atomic mass is 10.1. The van der Waals surface area contributed by atoms with Crippen LogP contribution in [0.1, 0.15) is 34.0 Å². The average Bonchev–Trinajstić information content (AvgIpc) is 3.00. The zero-order valence-corrected chi connectivity index (χ0v) is 22.4. The maximum Gasteiger partial charge on any atom is 0.336 e. The van der Waals surface area contributed by atoms with Crippen LogP contribution < -0.4 is 16.6 Å². The van der Waals surface area contributed by atoms with Crippen LogP contribution in [0.2, 0.25) is 0 Å². The number of fused-ring (bicyclic) bond motifs is 1. The molecule has 5 aromatic rings. The molecule has 0 aliphatic carbocycles. The number of aryl methyl sites for hydroxylation is 1. The molecule has 1 N–H and O–H groups in total. The van der Waals surface area contributed by atoms with Crippen molar-refractivity contribution in [1.29, 1.82) is 0 Å². The number of amides is 1. The molecule has 41 heavy (non-hydrogen) atoms. The number of nitro benzene ring substituents is 1. The van der Waals surface area contributed by atoms with Gasteiger partial charge in [-0.2, -0.15) is 0 Å². The van der Waals surface area contributed by atoms with Crippen molar-refractivity contribution in [3.8, 4) is 5.69 Å². The monoisotopic (exact) mass is 548 g/mol. The Bertz CT molecular complexity index is 1860. The predicted molar refractivity (Wildman–Crippen MR) is 158 cm³/mol. The van der Waals surface area contributed by atoms with Crippen molar-refractivity contribution in [3.63, 3.8) is 0 Å². The van der Waals surface area contributed by atoms with Crippen LogP contribution in [0.25, 0.3) is 16.6 Å². The normalized spacial score (nSPS) is 11.0. The number of nitro groups is 1. The van der Waals surface area contributed by atoms with Crippen molar-refractivity contribution in [2.45, 2.75) is 26.3 Å². The first-order valence-corrected chi connectivity index (χ1v) is 13.3. The summed E-state index contributed by atoms with van der Waals surface area (Å²) in [5.74, 6) is -0.337. The van der Waals surface area contributed by atoms with Gasteiger partial charge in [-0.05, 0) is 59.9 Å². The van der Waals surface area contributed by atoms with Gasteiger partial charge in [0, 0.05) is 24.2 Å². The smallest absolute Gasteiger partial charge is 0.336 e. The third-order valence-corrected chi connectivity index (χ3v) is 7.01. The Kier molecular flexibility index (Phi) is 7.87. The van der Waals surface area contributed by atoms with Crippen LogP contribution in [0.4, 0.5) is 5.69 Å². The summed E-state index contributed by atoms with van der Waals surface area (Å²) in [5, 5.41) is 14.5. The number of rotatable bonds is 9. The number of aromatic nitrogens is 2. The van der Waals surface area contributed by atoms with Gasteiger partial charge in [-0.3, -0.25) is 24.3 Å². The quantitative estimate of drug-likeness (QED) is 0.213. The first-order valence-electron chi connectivity index (χ1n) is 13.3. The molecule has 0 saturated heterocycles. The van der Waals surface area contributed by atoms with E-state index in [1.165, 1.54) is 22.8 Å². The zero-order valence-electron chi connectivity index (χ0n) is 22.4. The van der Waals surface area contributed by atoms with Gasteiger partial charge in [-0.1, -0.05) is 61.5 Å². The number of benzene rings is 4. The van der Waals surface area contributed by atoms with Crippen LogP contribution in [0.3, 0.4) is 0 Å². The molecule has 0 aliphatic rings. The topological polar surface area (TPSA) is 116 Å². The fraction of sp³-hybridized carbons (Fsp3) is 0.156. The molecule has 0 saturated carbocycles. The number of non-ortho nitro benzene ring substituents is 1. The lowest BCUT2D eigenvalue weighted by Gasteiger charge is -2.16. The fourth-order valence-corrected chi connectivity index (χ4v) is 4.79. The van der Waals surface area contributed by atoms with Crippen LogP contribution in [-0.4, -0.2) is 26.5 Å². The van der Waals surface area contributed by atoms with E-state index in [0.717, 1.165) is 22.1 Å². The van der Waals surface area contributed by atoms with Gasteiger partial charge in [-0.15, -0.1) is 0 Å².